The van der Waals surface area contributed by atoms with Gasteiger partial charge in [0.2, 0.25) is 6.79 Å². The lowest BCUT2D eigenvalue weighted by Gasteiger charge is -2.37. The Labute approximate surface area is 201 Å². The van der Waals surface area contributed by atoms with Gasteiger partial charge in [-0.3, -0.25) is 9.80 Å². The number of piperazine rings is 1. The van der Waals surface area contributed by atoms with E-state index in [1.807, 2.05) is 24.3 Å². The second-order valence-corrected chi connectivity index (χ2v) is 9.46. The van der Waals surface area contributed by atoms with E-state index in [0.29, 0.717) is 0 Å². The van der Waals surface area contributed by atoms with Gasteiger partial charge in [0.05, 0.1) is 6.54 Å². The molecule has 2 aliphatic heterocycles. The van der Waals surface area contributed by atoms with Gasteiger partial charge in [0, 0.05) is 43.5 Å². The average Bonchev–Trinajstić information content (AvgIpc) is 3.49. The summed E-state index contributed by atoms with van der Waals surface area (Å²) in [4.78, 5) is 7.41. The Balaban J connectivity index is 1.05. The highest BCUT2D eigenvalue weighted by Crippen LogP contribution is 2.35. The van der Waals surface area contributed by atoms with Crippen LogP contribution in [0.4, 0.5) is 5.69 Å². The van der Waals surface area contributed by atoms with E-state index in [1.54, 1.807) is 0 Å². The fourth-order valence-electron chi connectivity index (χ4n) is 4.86. The van der Waals surface area contributed by atoms with E-state index in [2.05, 4.69) is 59.0 Å². The predicted octanol–water partition coefficient (Wildman–Crippen LogP) is 4.33. The Morgan fingerprint density at radius 1 is 0.941 bits per heavy atom. The van der Waals surface area contributed by atoms with Crippen LogP contribution >= 0.6 is 0 Å². The molecule has 1 saturated heterocycles. The minimum atomic E-state index is 0.274. The molecule has 0 radical (unpaired) electrons. The zero-order chi connectivity index (χ0) is 23.5. The third kappa shape index (κ3) is 5.21. The Morgan fingerprint density at radius 2 is 1.76 bits per heavy atom. The summed E-state index contributed by atoms with van der Waals surface area (Å²) < 4.78 is 16.4. The second-order valence-electron chi connectivity index (χ2n) is 9.46. The molecule has 0 spiro atoms. The smallest absolute Gasteiger partial charge is 0.231 e. The molecule has 3 aromatic rings. The van der Waals surface area contributed by atoms with Crippen LogP contribution in [0.2, 0.25) is 0 Å². The molecule has 1 fully saturated rings. The van der Waals surface area contributed by atoms with Gasteiger partial charge < -0.3 is 18.9 Å². The van der Waals surface area contributed by atoms with E-state index in [0.717, 1.165) is 80.8 Å². The van der Waals surface area contributed by atoms with Crippen LogP contribution in [-0.4, -0.2) is 68.1 Å². The van der Waals surface area contributed by atoms with Gasteiger partial charge in [-0.05, 0) is 70.2 Å². The van der Waals surface area contributed by atoms with Crippen molar-refractivity contribution in [3.8, 4) is 22.8 Å². The first-order valence-electron chi connectivity index (χ1n) is 12.1. The second kappa shape index (κ2) is 10.1. The molecule has 0 amide bonds. The number of anilines is 1. The number of nitrogens with zero attached hydrogens (tertiary/aromatic N) is 4. The summed E-state index contributed by atoms with van der Waals surface area (Å²) in [5.74, 6) is 2.41. The molecule has 7 heteroatoms. The topological polar surface area (TPSA) is 54.2 Å². The van der Waals surface area contributed by atoms with Gasteiger partial charge in [-0.15, -0.1) is 0 Å². The number of aromatic nitrogens is 1. The predicted molar refractivity (Wildman–Crippen MR) is 134 cm³/mol. The Kier molecular flexibility index (Phi) is 6.74. The summed E-state index contributed by atoms with van der Waals surface area (Å²) in [5, 5.41) is 4.25. The minimum absolute atomic E-state index is 0.274. The molecular weight excluding hydrogens is 428 g/mol. The molecule has 0 saturated carbocycles. The molecule has 34 heavy (non-hydrogen) atoms. The van der Waals surface area contributed by atoms with Crippen LogP contribution in [0.1, 0.15) is 23.3 Å². The number of ether oxygens (including phenoxy) is 2. The minimum Gasteiger partial charge on any atom is -0.454 e. The molecule has 2 aliphatic rings. The van der Waals surface area contributed by atoms with Crippen molar-refractivity contribution in [2.45, 2.75) is 26.8 Å². The molecule has 5 rings (SSSR count). The fourth-order valence-corrected chi connectivity index (χ4v) is 4.86. The zero-order valence-electron chi connectivity index (χ0n) is 20.4. The van der Waals surface area contributed by atoms with Crippen molar-refractivity contribution >= 4 is 5.69 Å². The summed E-state index contributed by atoms with van der Waals surface area (Å²) in [7, 11) is 2.14. The van der Waals surface area contributed by atoms with Gasteiger partial charge in [0.1, 0.15) is 5.69 Å². The Morgan fingerprint density at radius 3 is 2.59 bits per heavy atom. The van der Waals surface area contributed by atoms with E-state index < -0.39 is 0 Å². The summed E-state index contributed by atoms with van der Waals surface area (Å²) in [6, 6.07) is 14.6. The van der Waals surface area contributed by atoms with E-state index in [1.165, 1.54) is 16.8 Å². The van der Waals surface area contributed by atoms with E-state index >= 15 is 0 Å². The summed E-state index contributed by atoms with van der Waals surface area (Å²) in [6.07, 6.45) is 1.14. The monoisotopic (exact) mass is 462 g/mol. The number of hydrogen-bond donors (Lipinski definition) is 0. The normalized spacial score (nSPS) is 15.9. The molecule has 1 aromatic heterocycles. The molecular formula is C27H34N4O3. The van der Waals surface area contributed by atoms with Crippen molar-refractivity contribution in [1.82, 2.24) is 15.0 Å². The Bertz CT molecular complexity index is 1120. The van der Waals surface area contributed by atoms with Gasteiger partial charge >= 0.3 is 0 Å². The highest BCUT2D eigenvalue weighted by Gasteiger charge is 2.19. The third-order valence-electron chi connectivity index (χ3n) is 6.73. The number of fused-ring (bicyclic) bond motifs is 1. The maximum atomic E-state index is 5.60. The maximum absolute atomic E-state index is 5.60. The van der Waals surface area contributed by atoms with Crippen LogP contribution in [0.15, 0.2) is 47.0 Å². The van der Waals surface area contributed by atoms with E-state index in [4.69, 9.17) is 14.0 Å². The van der Waals surface area contributed by atoms with E-state index in [9.17, 15) is 0 Å². The summed E-state index contributed by atoms with van der Waals surface area (Å²) in [6.45, 7) is 12.0. The van der Waals surface area contributed by atoms with Crippen LogP contribution in [0.5, 0.6) is 11.5 Å². The average molecular weight is 463 g/mol. The number of hydrogen-bond acceptors (Lipinski definition) is 7. The van der Waals surface area contributed by atoms with Crippen molar-refractivity contribution in [2.75, 3.05) is 58.0 Å². The molecule has 3 heterocycles. The first-order chi connectivity index (χ1) is 16.5. The standard InChI is InChI=1S/C27H34N4O3/c1-20-5-7-25(21(2)15-20)31-13-11-30(12-14-31)10-4-9-29(3)18-23-17-24(28-34-23)22-6-8-26-27(16-22)33-19-32-26/h5-8,15-17H,4,9-14,18-19H2,1-3H3. The molecule has 0 bridgehead atoms. The largest absolute Gasteiger partial charge is 0.454 e. The maximum Gasteiger partial charge on any atom is 0.231 e. The highest BCUT2D eigenvalue weighted by molar-refractivity contribution is 5.64. The van der Waals surface area contributed by atoms with Gasteiger partial charge in [-0.1, -0.05) is 22.9 Å². The van der Waals surface area contributed by atoms with Gasteiger partial charge in [-0.2, -0.15) is 0 Å². The molecule has 0 atom stereocenters. The molecule has 0 aliphatic carbocycles. The van der Waals surface area contributed by atoms with Gasteiger partial charge in [0.25, 0.3) is 0 Å². The van der Waals surface area contributed by atoms with Crippen molar-refractivity contribution < 1.29 is 14.0 Å². The van der Waals surface area contributed by atoms with Gasteiger partial charge in [-0.25, -0.2) is 0 Å². The van der Waals surface area contributed by atoms with Crippen LogP contribution < -0.4 is 14.4 Å². The quantitative estimate of drug-likeness (QED) is 0.494. The number of rotatable bonds is 8. The number of aryl methyl sites for hydroxylation is 2. The number of benzene rings is 2. The first-order valence-corrected chi connectivity index (χ1v) is 12.1. The molecule has 0 N–H and O–H groups in total. The lowest BCUT2D eigenvalue weighted by molar-refractivity contribution is 0.174. The van der Waals surface area contributed by atoms with Crippen molar-refractivity contribution in [3.63, 3.8) is 0 Å². The van der Waals surface area contributed by atoms with Crippen molar-refractivity contribution in [2.24, 2.45) is 0 Å². The van der Waals surface area contributed by atoms with Crippen LogP contribution in [0.25, 0.3) is 11.3 Å². The molecule has 2 aromatic carbocycles. The van der Waals surface area contributed by atoms with Crippen molar-refractivity contribution in [1.29, 1.82) is 0 Å². The lowest BCUT2D eigenvalue weighted by atomic mass is 10.1. The summed E-state index contributed by atoms with van der Waals surface area (Å²) >= 11 is 0. The molecule has 180 valence electrons. The SMILES string of the molecule is Cc1ccc(N2CCN(CCCN(C)Cc3cc(-c4ccc5c(c4)OCO5)no3)CC2)c(C)c1. The highest BCUT2D eigenvalue weighted by atomic mass is 16.7. The fraction of sp³-hybridized carbons (Fsp3) is 0.444. The third-order valence-corrected chi connectivity index (χ3v) is 6.73. The van der Waals surface area contributed by atoms with Gasteiger partial charge in [0.15, 0.2) is 17.3 Å². The Hall–Kier alpha value is -3.03. The zero-order valence-corrected chi connectivity index (χ0v) is 20.4. The molecule has 0 unspecified atom stereocenters. The lowest BCUT2D eigenvalue weighted by Crippen LogP contribution is -2.47. The first kappa shape index (κ1) is 22.7. The van der Waals surface area contributed by atoms with Crippen LogP contribution in [0, 0.1) is 13.8 Å². The van der Waals surface area contributed by atoms with Crippen molar-refractivity contribution in [3.05, 3.63) is 59.4 Å². The van der Waals surface area contributed by atoms with E-state index in [-0.39, 0.29) is 6.79 Å². The summed E-state index contributed by atoms with van der Waals surface area (Å²) in [5.41, 5.74) is 5.89. The van der Waals surface area contributed by atoms with Crippen LogP contribution in [0.3, 0.4) is 0 Å². The molecule has 7 nitrogen and oxygen atoms in total. The van der Waals surface area contributed by atoms with Crippen LogP contribution in [-0.2, 0) is 6.54 Å².